The Bertz CT molecular complexity index is 745. The molecule has 0 aromatic heterocycles. The van der Waals surface area contributed by atoms with Gasteiger partial charge in [-0.2, -0.15) is 0 Å². The third-order valence-corrected chi connectivity index (χ3v) is 3.63. The van der Waals surface area contributed by atoms with Gasteiger partial charge < -0.3 is 25.3 Å². The van der Waals surface area contributed by atoms with Crippen LogP contribution in [0.5, 0.6) is 17.2 Å². The third kappa shape index (κ3) is 5.04. The summed E-state index contributed by atoms with van der Waals surface area (Å²) in [5.74, 6) is 2.52. The Labute approximate surface area is 148 Å². The molecule has 6 heteroatoms. The van der Waals surface area contributed by atoms with Crippen molar-refractivity contribution in [3.63, 3.8) is 0 Å². The first-order valence-corrected chi connectivity index (χ1v) is 8.08. The molecule has 0 heterocycles. The molecule has 0 spiro atoms. The molecule has 0 aliphatic heterocycles. The van der Waals surface area contributed by atoms with Crippen LogP contribution in [0.4, 0.5) is 5.69 Å². The smallest absolute Gasteiger partial charge is 0.193 e. The second-order valence-corrected chi connectivity index (χ2v) is 5.43. The number of nitrogens with zero attached hydrogens (tertiary/aromatic N) is 1. The van der Waals surface area contributed by atoms with E-state index in [1.165, 1.54) is 0 Å². The summed E-state index contributed by atoms with van der Waals surface area (Å²) in [6.07, 6.45) is 0. The topological polar surface area (TPSA) is 78.1 Å². The molecular formula is C19H25N3O3. The fourth-order valence-corrected chi connectivity index (χ4v) is 2.41. The molecule has 0 saturated heterocycles. The predicted molar refractivity (Wildman–Crippen MR) is 101 cm³/mol. The van der Waals surface area contributed by atoms with Crippen LogP contribution in [-0.4, -0.2) is 26.8 Å². The molecule has 2 aromatic carbocycles. The first-order chi connectivity index (χ1) is 12.1. The van der Waals surface area contributed by atoms with E-state index in [9.17, 15) is 0 Å². The minimum Gasteiger partial charge on any atom is -0.494 e. The number of anilines is 1. The van der Waals surface area contributed by atoms with Gasteiger partial charge in [0.2, 0.25) is 0 Å². The molecule has 0 saturated carbocycles. The lowest BCUT2D eigenvalue weighted by molar-refractivity contribution is 0.338. The van der Waals surface area contributed by atoms with Gasteiger partial charge in [0.1, 0.15) is 5.75 Å². The number of hydrogen-bond acceptors (Lipinski definition) is 4. The zero-order valence-electron chi connectivity index (χ0n) is 15.1. The highest BCUT2D eigenvalue weighted by Gasteiger charge is 2.05. The van der Waals surface area contributed by atoms with Gasteiger partial charge in [0.25, 0.3) is 0 Å². The number of rotatable bonds is 7. The minimum absolute atomic E-state index is 0.332. The van der Waals surface area contributed by atoms with Gasteiger partial charge >= 0.3 is 0 Å². The van der Waals surface area contributed by atoms with Crippen LogP contribution in [-0.2, 0) is 6.54 Å². The summed E-state index contributed by atoms with van der Waals surface area (Å²) in [4.78, 5) is 4.37. The van der Waals surface area contributed by atoms with Gasteiger partial charge in [0, 0.05) is 11.8 Å². The van der Waals surface area contributed by atoms with Gasteiger partial charge in [-0.25, -0.2) is 4.99 Å². The number of nitrogens with two attached hydrogens (primary N) is 1. The summed E-state index contributed by atoms with van der Waals surface area (Å²) in [5, 5.41) is 3.05. The minimum atomic E-state index is 0.332. The van der Waals surface area contributed by atoms with Crippen LogP contribution in [0.3, 0.4) is 0 Å². The largest absolute Gasteiger partial charge is 0.494 e. The van der Waals surface area contributed by atoms with Crippen molar-refractivity contribution in [2.24, 2.45) is 10.7 Å². The third-order valence-electron chi connectivity index (χ3n) is 3.63. The molecule has 0 unspecified atom stereocenters. The van der Waals surface area contributed by atoms with Gasteiger partial charge in [-0.15, -0.1) is 0 Å². The van der Waals surface area contributed by atoms with Gasteiger partial charge in [-0.05, 0) is 43.2 Å². The van der Waals surface area contributed by atoms with E-state index >= 15 is 0 Å². The number of benzene rings is 2. The number of aryl methyl sites for hydroxylation is 1. The fraction of sp³-hybridized carbons (Fsp3) is 0.316. The quantitative estimate of drug-likeness (QED) is 0.595. The van der Waals surface area contributed by atoms with Gasteiger partial charge in [-0.3, -0.25) is 0 Å². The number of methoxy groups -OCH3 is 2. The van der Waals surface area contributed by atoms with Crippen molar-refractivity contribution in [2.45, 2.75) is 20.4 Å². The molecule has 0 bridgehead atoms. The van der Waals surface area contributed by atoms with Crippen LogP contribution in [0.1, 0.15) is 18.1 Å². The van der Waals surface area contributed by atoms with Crippen LogP contribution >= 0.6 is 0 Å². The molecule has 0 radical (unpaired) electrons. The Morgan fingerprint density at radius 1 is 1.04 bits per heavy atom. The normalized spacial score (nSPS) is 11.1. The lowest BCUT2D eigenvalue weighted by Crippen LogP contribution is -2.22. The summed E-state index contributed by atoms with van der Waals surface area (Å²) < 4.78 is 16.0. The van der Waals surface area contributed by atoms with E-state index in [0.29, 0.717) is 30.6 Å². The molecule has 134 valence electrons. The van der Waals surface area contributed by atoms with E-state index < -0.39 is 0 Å². The van der Waals surface area contributed by atoms with Crippen molar-refractivity contribution in [1.82, 2.24) is 0 Å². The van der Waals surface area contributed by atoms with Crippen LogP contribution in [0.15, 0.2) is 41.4 Å². The van der Waals surface area contributed by atoms with E-state index in [1.54, 1.807) is 14.2 Å². The summed E-state index contributed by atoms with van der Waals surface area (Å²) >= 11 is 0. The zero-order chi connectivity index (χ0) is 18.2. The molecule has 2 rings (SSSR count). The Balaban J connectivity index is 2.03. The first kappa shape index (κ1) is 18.4. The Morgan fingerprint density at radius 2 is 1.76 bits per heavy atom. The molecule has 25 heavy (non-hydrogen) atoms. The second kappa shape index (κ2) is 8.82. The number of guanidine groups is 1. The van der Waals surface area contributed by atoms with Crippen molar-refractivity contribution >= 4 is 11.6 Å². The molecular weight excluding hydrogens is 318 g/mol. The van der Waals surface area contributed by atoms with E-state index in [4.69, 9.17) is 19.9 Å². The molecule has 0 aliphatic carbocycles. The fourth-order valence-electron chi connectivity index (χ4n) is 2.41. The maximum absolute atomic E-state index is 5.97. The summed E-state index contributed by atoms with van der Waals surface area (Å²) in [5.41, 5.74) is 8.90. The average Bonchev–Trinajstić information content (AvgIpc) is 2.62. The van der Waals surface area contributed by atoms with Gasteiger partial charge in [0.05, 0.1) is 27.4 Å². The number of aliphatic imine (C=N–C) groups is 1. The summed E-state index contributed by atoms with van der Waals surface area (Å²) in [7, 11) is 3.19. The van der Waals surface area contributed by atoms with E-state index in [2.05, 4.69) is 16.4 Å². The summed E-state index contributed by atoms with van der Waals surface area (Å²) in [6.45, 7) is 5.13. The number of nitrogens with one attached hydrogen (secondary N) is 1. The molecule has 0 fully saturated rings. The molecule has 0 atom stereocenters. The highest BCUT2D eigenvalue weighted by atomic mass is 16.5. The molecule has 2 aromatic rings. The zero-order valence-corrected chi connectivity index (χ0v) is 15.1. The Kier molecular flexibility index (Phi) is 6.51. The number of hydrogen-bond donors (Lipinski definition) is 2. The maximum atomic E-state index is 5.97. The SMILES string of the molecule is CCOc1ccc(CN=C(N)Nc2ccc(OC)c(OC)c2)cc1C. The van der Waals surface area contributed by atoms with E-state index in [1.807, 2.05) is 44.2 Å². The highest BCUT2D eigenvalue weighted by Crippen LogP contribution is 2.29. The van der Waals surface area contributed by atoms with Crippen LogP contribution < -0.4 is 25.3 Å². The van der Waals surface area contributed by atoms with Gasteiger partial charge in [0.15, 0.2) is 17.5 Å². The van der Waals surface area contributed by atoms with Crippen molar-refractivity contribution in [2.75, 3.05) is 26.1 Å². The van der Waals surface area contributed by atoms with Crippen molar-refractivity contribution in [1.29, 1.82) is 0 Å². The molecule has 3 N–H and O–H groups in total. The lowest BCUT2D eigenvalue weighted by Gasteiger charge is -2.11. The summed E-state index contributed by atoms with van der Waals surface area (Å²) in [6, 6.07) is 11.5. The monoisotopic (exact) mass is 343 g/mol. The maximum Gasteiger partial charge on any atom is 0.193 e. The van der Waals surface area contributed by atoms with Crippen LogP contribution in [0, 0.1) is 6.92 Å². The highest BCUT2D eigenvalue weighted by molar-refractivity contribution is 5.92. The Morgan fingerprint density at radius 3 is 2.40 bits per heavy atom. The second-order valence-electron chi connectivity index (χ2n) is 5.43. The average molecular weight is 343 g/mol. The van der Waals surface area contributed by atoms with Crippen molar-refractivity contribution in [3.8, 4) is 17.2 Å². The van der Waals surface area contributed by atoms with E-state index in [-0.39, 0.29) is 0 Å². The Hall–Kier alpha value is -2.89. The molecule has 6 nitrogen and oxygen atoms in total. The van der Waals surface area contributed by atoms with Crippen LogP contribution in [0.2, 0.25) is 0 Å². The molecule has 0 amide bonds. The first-order valence-electron chi connectivity index (χ1n) is 8.08. The van der Waals surface area contributed by atoms with Crippen molar-refractivity contribution in [3.05, 3.63) is 47.5 Å². The van der Waals surface area contributed by atoms with Crippen molar-refractivity contribution < 1.29 is 14.2 Å². The lowest BCUT2D eigenvalue weighted by atomic mass is 10.1. The number of ether oxygens (including phenoxy) is 3. The predicted octanol–water partition coefficient (Wildman–Crippen LogP) is 3.34. The van der Waals surface area contributed by atoms with E-state index in [0.717, 1.165) is 22.6 Å². The van der Waals surface area contributed by atoms with Gasteiger partial charge in [-0.1, -0.05) is 12.1 Å². The van der Waals surface area contributed by atoms with Crippen LogP contribution in [0.25, 0.3) is 0 Å². The molecule has 0 aliphatic rings. The standard InChI is InChI=1S/C19H25N3O3/c1-5-25-16-8-6-14(10-13(16)2)12-21-19(20)22-15-7-9-17(23-3)18(11-15)24-4/h6-11H,5,12H2,1-4H3,(H3,20,21,22).